The maximum atomic E-state index is 12.5. The van der Waals surface area contributed by atoms with E-state index in [2.05, 4.69) is 9.47 Å². The van der Waals surface area contributed by atoms with Crippen LogP contribution < -0.4 is 4.74 Å². The first-order valence-corrected chi connectivity index (χ1v) is 4.82. The van der Waals surface area contributed by atoms with Crippen LogP contribution in [0.5, 0.6) is 5.75 Å². The van der Waals surface area contributed by atoms with E-state index in [0.717, 1.165) is 25.3 Å². The summed E-state index contributed by atoms with van der Waals surface area (Å²) in [5.74, 6) is -1.08. The molecule has 0 aromatic heterocycles. The second-order valence-corrected chi connectivity index (χ2v) is 3.13. The second kappa shape index (κ2) is 5.07. The van der Waals surface area contributed by atoms with Crippen LogP contribution in [-0.4, -0.2) is 19.7 Å². The summed E-state index contributed by atoms with van der Waals surface area (Å²) in [5.41, 5.74) is -0.898. The Labute approximate surface area is 96.1 Å². The van der Waals surface area contributed by atoms with E-state index >= 15 is 0 Å². The number of methoxy groups -OCH3 is 1. The molecule has 0 bridgehead atoms. The molecule has 0 atom stereocenters. The number of ether oxygens (including phenoxy) is 2. The molecule has 1 aromatic carbocycles. The molecule has 1 rings (SSSR count). The SMILES string of the molecule is CCOC(=O)c1ccc(C(F)(F)F)c(OC)c1. The standard InChI is InChI=1S/C11H11F3O3/c1-3-17-10(15)7-4-5-8(11(12,13)14)9(6-7)16-2/h4-6H,3H2,1-2H3. The third-order valence-corrected chi connectivity index (χ3v) is 2.02. The molecule has 0 fully saturated rings. The third kappa shape index (κ3) is 3.12. The van der Waals surface area contributed by atoms with Gasteiger partial charge in [0.05, 0.1) is 24.8 Å². The van der Waals surface area contributed by atoms with Gasteiger partial charge in [0.15, 0.2) is 0 Å². The first-order chi connectivity index (χ1) is 7.90. The van der Waals surface area contributed by atoms with Crippen LogP contribution >= 0.6 is 0 Å². The monoisotopic (exact) mass is 248 g/mol. The van der Waals surface area contributed by atoms with Gasteiger partial charge in [0.1, 0.15) is 5.75 Å². The van der Waals surface area contributed by atoms with Gasteiger partial charge in [0.2, 0.25) is 0 Å². The summed E-state index contributed by atoms with van der Waals surface area (Å²) < 4.78 is 46.9. The van der Waals surface area contributed by atoms with Gasteiger partial charge in [-0.15, -0.1) is 0 Å². The zero-order chi connectivity index (χ0) is 13.1. The van der Waals surface area contributed by atoms with Gasteiger partial charge in [0, 0.05) is 0 Å². The van der Waals surface area contributed by atoms with Gasteiger partial charge in [-0.3, -0.25) is 0 Å². The maximum Gasteiger partial charge on any atom is 0.419 e. The molecule has 0 N–H and O–H groups in total. The van der Waals surface area contributed by atoms with E-state index in [0.29, 0.717) is 0 Å². The number of hydrogen-bond donors (Lipinski definition) is 0. The van der Waals surface area contributed by atoms with Gasteiger partial charge in [-0.25, -0.2) is 4.79 Å². The lowest BCUT2D eigenvalue weighted by Gasteiger charge is -2.12. The average molecular weight is 248 g/mol. The lowest BCUT2D eigenvalue weighted by atomic mass is 10.1. The minimum atomic E-state index is -4.52. The van der Waals surface area contributed by atoms with Gasteiger partial charge in [0.25, 0.3) is 0 Å². The summed E-state index contributed by atoms with van der Waals surface area (Å²) >= 11 is 0. The molecule has 0 aliphatic heterocycles. The van der Waals surface area contributed by atoms with Crippen LogP contribution in [0.15, 0.2) is 18.2 Å². The number of hydrogen-bond acceptors (Lipinski definition) is 3. The van der Waals surface area contributed by atoms with Gasteiger partial charge in [-0.1, -0.05) is 0 Å². The Hall–Kier alpha value is -1.72. The van der Waals surface area contributed by atoms with E-state index in [4.69, 9.17) is 0 Å². The van der Waals surface area contributed by atoms with Crippen molar-refractivity contribution in [3.8, 4) is 5.75 Å². The molecule has 0 saturated carbocycles. The Morgan fingerprint density at radius 2 is 2.00 bits per heavy atom. The largest absolute Gasteiger partial charge is 0.496 e. The fourth-order valence-corrected chi connectivity index (χ4v) is 1.27. The molecule has 1 aromatic rings. The molecular weight excluding hydrogens is 237 g/mol. The van der Waals surface area contributed by atoms with Crippen molar-refractivity contribution in [2.24, 2.45) is 0 Å². The Morgan fingerprint density at radius 1 is 1.35 bits per heavy atom. The first-order valence-electron chi connectivity index (χ1n) is 4.82. The minimum Gasteiger partial charge on any atom is -0.496 e. The van der Waals surface area contributed by atoms with Crippen molar-refractivity contribution in [2.45, 2.75) is 13.1 Å². The number of carbonyl (C=O) groups excluding carboxylic acids is 1. The van der Waals surface area contributed by atoms with Crippen LogP contribution in [0.3, 0.4) is 0 Å². The highest BCUT2D eigenvalue weighted by Gasteiger charge is 2.34. The van der Waals surface area contributed by atoms with E-state index in [-0.39, 0.29) is 12.2 Å². The number of alkyl halides is 3. The normalized spacial score (nSPS) is 11.1. The molecule has 0 saturated heterocycles. The van der Waals surface area contributed by atoms with Crippen molar-refractivity contribution >= 4 is 5.97 Å². The molecule has 6 heteroatoms. The average Bonchev–Trinajstić information content (AvgIpc) is 2.27. The molecule has 0 amide bonds. The predicted molar refractivity (Wildman–Crippen MR) is 54.0 cm³/mol. The van der Waals surface area contributed by atoms with Crippen molar-refractivity contribution in [2.75, 3.05) is 13.7 Å². The van der Waals surface area contributed by atoms with E-state index in [1.807, 2.05) is 0 Å². The highest BCUT2D eigenvalue weighted by Crippen LogP contribution is 2.36. The van der Waals surface area contributed by atoms with E-state index < -0.39 is 23.5 Å². The summed E-state index contributed by atoms with van der Waals surface area (Å²) in [7, 11) is 1.11. The predicted octanol–water partition coefficient (Wildman–Crippen LogP) is 2.89. The number of benzene rings is 1. The van der Waals surface area contributed by atoms with Gasteiger partial charge in [-0.2, -0.15) is 13.2 Å². The summed E-state index contributed by atoms with van der Waals surface area (Å²) in [5, 5.41) is 0. The molecule has 0 aliphatic carbocycles. The lowest BCUT2D eigenvalue weighted by molar-refractivity contribution is -0.138. The van der Waals surface area contributed by atoms with Gasteiger partial charge < -0.3 is 9.47 Å². The highest BCUT2D eigenvalue weighted by molar-refractivity contribution is 5.90. The van der Waals surface area contributed by atoms with Crippen LogP contribution in [-0.2, 0) is 10.9 Å². The summed E-state index contributed by atoms with van der Waals surface area (Å²) in [6.07, 6.45) is -4.52. The molecule has 3 nitrogen and oxygen atoms in total. The first kappa shape index (κ1) is 13.3. The molecule has 0 radical (unpaired) electrons. The molecule has 0 heterocycles. The zero-order valence-electron chi connectivity index (χ0n) is 9.30. The Morgan fingerprint density at radius 3 is 2.47 bits per heavy atom. The summed E-state index contributed by atoms with van der Waals surface area (Å²) in [6, 6.07) is 2.87. The van der Waals surface area contributed by atoms with Crippen LogP contribution in [0, 0.1) is 0 Å². The Balaban J connectivity index is 3.13. The van der Waals surface area contributed by atoms with E-state index in [9.17, 15) is 18.0 Å². The summed E-state index contributed by atoms with van der Waals surface area (Å²) in [6.45, 7) is 1.77. The van der Waals surface area contributed by atoms with Crippen molar-refractivity contribution in [1.29, 1.82) is 0 Å². The third-order valence-electron chi connectivity index (χ3n) is 2.02. The molecule has 17 heavy (non-hydrogen) atoms. The summed E-state index contributed by atoms with van der Waals surface area (Å²) in [4.78, 5) is 11.3. The van der Waals surface area contributed by atoms with Crippen LogP contribution in [0.1, 0.15) is 22.8 Å². The number of rotatable bonds is 3. The van der Waals surface area contributed by atoms with Crippen molar-refractivity contribution in [3.63, 3.8) is 0 Å². The minimum absolute atomic E-state index is 0.0247. The van der Waals surface area contributed by atoms with Gasteiger partial charge >= 0.3 is 12.1 Å². The number of carbonyl (C=O) groups is 1. The van der Waals surface area contributed by atoms with Crippen molar-refractivity contribution < 1.29 is 27.4 Å². The highest BCUT2D eigenvalue weighted by atomic mass is 19.4. The molecule has 0 unspecified atom stereocenters. The quantitative estimate of drug-likeness (QED) is 0.771. The van der Waals surface area contributed by atoms with Crippen LogP contribution in [0.2, 0.25) is 0 Å². The second-order valence-electron chi connectivity index (χ2n) is 3.13. The van der Waals surface area contributed by atoms with Crippen molar-refractivity contribution in [1.82, 2.24) is 0 Å². The van der Waals surface area contributed by atoms with Crippen molar-refractivity contribution in [3.05, 3.63) is 29.3 Å². The number of halogens is 3. The topological polar surface area (TPSA) is 35.5 Å². The lowest BCUT2D eigenvalue weighted by Crippen LogP contribution is -2.10. The fraction of sp³-hybridized carbons (Fsp3) is 0.364. The Bertz CT molecular complexity index is 413. The number of esters is 1. The maximum absolute atomic E-state index is 12.5. The Kier molecular flexibility index (Phi) is 3.98. The zero-order valence-corrected chi connectivity index (χ0v) is 9.30. The van der Waals surface area contributed by atoms with E-state index in [1.54, 1.807) is 6.92 Å². The molecule has 0 spiro atoms. The molecule has 0 aliphatic rings. The molecular formula is C11H11F3O3. The van der Waals surface area contributed by atoms with Gasteiger partial charge in [-0.05, 0) is 25.1 Å². The van der Waals surface area contributed by atoms with Crippen LogP contribution in [0.4, 0.5) is 13.2 Å². The van der Waals surface area contributed by atoms with Crippen LogP contribution in [0.25, 0.3) is 0 Å². The molecule has 94 valence electrons. The van der Waals surface area contributed by atoms with E-state index in [1.165, 1.54) is 0 Å². The smallest absolute Gasteiger partial charge is 0.419 e. The fourth-order valence-electron chi connectivity index (χ4n) is 1.27.